The van der Waals surface area contributed by atoms with Gasteiger partial charge in [-0.1, -0.05) is 67.6 Å². The minimum absolute atomic E-state index is 0.318. The number of hydrogen-bond acceptors (Lipinski definition) is 5. The Morgan fingerprint density at radius 3 is 2.22 bits per heavy atom. The first kappa shape index (κ1) is 24.3. The van der Waals surface area contributed by atoms with Crippen LogP contribution in [0.15, 0.2) is 85.3 Å². The fraction of sp³-hybridized carbons (Fsp3) is 0.207. The van der Waals surface area contributed by atoms with E-state index in [-0.39, 0.29) is 5.91 Å². The number of pyridine rings is 1. The molecule has 1 amide bonds. The van der Waals surface area contributed by atoms with E-state index >= 15 is 0 Å². The summed E-state index contributed by atoms with van der Waals surface area (Å²) in [5.41, 5.74) is 2.95. The maximum Gasteiger partial charge on any atom is 0.259 e. The molecule has 5 rings (SSSR count). The van der Waals surface area contributed by atoms with E-state index in [9.17, 15) is 9.90 Å². The summed E-state index contributed by atoms with van der Waals surface area (Å²) in [5.74, 6) is 0.0498. The molecule has 0 aliphatic carbocycles. The number of carbonyl (C=O) groups excluding carboxylic acids is 1. The number of nitrogens with one attached hydrogen (secondary N) is 1. The topological polar surface area (TPSA) is 93.7 Å². The second-order valence-corrected chi connectivity index (χ2v) is 8.75. The summed E-state index contributed by atoms with van der Waals surface area (Å²) in [6.07, 6.45) is 5.66. The number of anilines is 1. The molecule has 0 saturated heterocycles. The van der Waals surface area contributed by atoms with Crippen LogP contribution in [0.1, 0.15) is 46.6 Å². The zero-order valence-electron chi connectivity index (χ0n) is 21.0. The third-order valence-corrected chi connectivity index (χ3v) is 6.59. The molecular formula is C29H29N5O3. The Kier molecular flexibility index (Phi) is 6.50. The molecule has 188 valence electrons. The number of amides is 1. The summed E-state index contributed by atoms with van der Waals surface area (Å²) in [6, 6.07) is 20.8. The lowest BCUT2D eigenvalue weighted by Crippen LogP contribution is -2.30. The van der Waals surface area contributed by atoms with Gasteiger partial charge in [-0.05, 0) is 30.5 Å². The third-order valence-electron chi connectivity index (χ3n) is 6.59. The fourth-order valence-electron chi connectivity index (χ4n) is 4.70. The molecule has 0 saturated carbocycles. The van der Waals surface area contributed by atoms with Crippen LogP contribution in [0.4, 0.5) is 5.69 Å². The van der Waals surface area contributed by atoms with Crippen LogP contribution in [0.2, 0.25) is 0 Å². The highest BCUT2D eigenvalue weighted by Gasteiger charge is 2.39. The van der Waals surface area contributed by atoms with Crippen molar-refractivity contribution in [3.8, 4) is 5.75 Å². The number of carbonyl (C=O) groups is 1. The van der Waals surface area contributed by atoms with Crippen LogP contribution in [-0.2, 0) is 18.6 Å². The van der Waals surface area contributed by atoms with Crippen molar-refractivity contribution < 1.29 is 14.6 Å². The predicted octanol–water partition coefficient (Wildman–Crippen LogP) is 4.66. The summed E-state index contributed by atoms with van der Waals surface area (Å²) >= 11 is 0. The first-order chi connectivity index (χ1) is 18.0. The van der Waals surface area contributed by atoms with Crippen molar-refractivity contribution in [3.63, 3.8) is 0 Å². The number of benzene rings is 2. The third kappa shape index (κ3) is 4.25. The number of nitrogens with zero attached hydrogens (tertiary/aromatic N) is 4. The van der Waals surface area contributed by atoms with E-state index in [1.165, 1.54) is 7.11 Å². The smallest absolute Gasteiger partial charge is 0.259 e. The molecule has 3 aromatic heterocycles. The first-order valence-corrected chi connectivity index (χ1v) is 12.3. The van der Waals surface area contributed by atoms with Crippen molar-refractivity contribution in [2.75, 3.05) is 12.4 Å². The van der Waals surface area contributed by atoms with Gasteiger partial charge in [-0.15, -0.1) is 0 Å². The van der Waals surface area contributed by atoms with Gasteiger partial charge in [0.1, 0.15) is 11.4 Å². The highest BCUT2D eigenvalue weighted by molar-refractivity contribution is 6.06. The molecule has 0 fully saturated rings. The summed E-state index contributed by atoms with van der Waals surface area (Å²) in [7, 11) is 1.52. The minimum Gasteiger partial charge on any atom is -0.494 e. The van der Waals surface area contributed by atoms with Crippen molar-refractivity contribution in [3.05, 3.63) is 113 Å². The number of fused-ring (bicyclic) bond motifs is 1. The van der Waals surface area contributed by atoms with E-state index in [1.54, 1.807) is 33.9 Å². The molecule has 5 aromatic rings. The van der Waals surface area contributed by atoms with Gasteiger partial charge in [0.15, 0.2) is 5.60 Å². The molecule has 8 heteroatoms. The van der Waals surface area contributed by atoms with Gasteiger partial charge >= 0.3 is 0 Å². The van der Waals surface area contributed by atoms with E-state index in [0.29, 0.717) is 46.8 Å². The predicted molar refractivity (Wildman–Crippen MR) is 142 cm³/mol. The Morgan fingerprint density at radius 2 is 1.68 bits per heavy atom. The van der Waals surface area contributed by atoms with Crippen molar-refractivity contribution in [2.24, 2.45) is 0 Å². The van der Waals surface area contributed by atoms with Crippen molar-refractivity contribution in [1.82, 2.24) is 19.4 Å². The van der Waals surface area contributed by atoms with E-state index in [2.05, 4.69) is 10.4 Å². The van der Waals surface area contributed by atoms with Gasteiger partial charge in [-0.3, -0.25) is 9.48 Å². The van der Waals surface area contributed by atoms with E-state index in [4.69, 9.17) is 9.84 Å². The number of aromatic nitrogens is 4. The monoisotopic (exact) mass is 495 g/mol. The number of rotatable bonds is 8. The summed E-state index contributed by atoms with van der Waals surface area (Å²) < 4.78 is 8.99. The van der Waals surface area contributed by atoms with Crippen LogP contribution in [0.25, 0.3) is 5.52 Å². The number of methoxy groups -OCH3 is 1. The summed E-state index contributed by atoms with van der Waals surface area (Å²) in [4.78, 5) is 13.3. The number of aryl methyl sites for hydroxylation is 2. The first-order valence-electron chi connectivity index (χ1n) is 12.3. The van der Waals surface area contributed by atoms with Gasteiger partial charge < -0.3 is 15.2 Å². The van der Waals surface area contributed by atoms with Gasteiger partial charge in [0, 0.05) is 18.3 Å². The van der Waals surface area contributed by atoms with Crippen molar-refractivity contribution in [2.45, 2.75) is 32.4 Å². The lowest BCUT2D eigenvalue weighted by Gasteiger charge is -2.28. The Morgan fingerprint density at radius 1 is 1.03 bits per heavy atom. The molecule has 0 aliphatic rings. The molecule has 0 aliphatic heterocycles. The standard InChI is InChI=1S/C29H29N5O3/c1-4-23-25-16-24(28(35)31-22-17-30-33(5-2)18-22)26(37-3)19-34(25)32-27(23)29(36,20-12-8-6-9-13-20)21-14-10-7-11-15-21/h6-19,36H,4-5H2,1-3H3,(H,31,35). The minimum atomic E-state index is -1.50. The molecule has 2 aromatic carbocycles. The Labute approximate surface area is 215 Å². The molecule has 0 spiro atoms. The van der Waals surface area contributed by atoms with Crippen molar-refractivity contribution >= 4 is 17.1 Å². The average Bonchev–Trinajstić information content (AvgIpc) is 3.56. The van der Waals surface area contributed by atoms with Gasteiger partial charge in [-0.2, -0.15) is 10.2 Å². The number of ether oxygens (including phenoxy) is 1. The molecule has 0 atom stereocenters. The zero-order chi connectivity index (χ0) is 26.0. The molecule has 0 radical (unpaired) electrons. The zero-order valence-corrected chi connectivity index (χ0v) is 21.0. The van der Waals surface area contributed by atoms with Gasteiger partial charge in [-0.25, -0.2) is 4.52 Å². The quantitative estimate of drug-likeness (QED) is 0.327. The normalized spacial score (nSPS) is 11.6. The van der Waals surface area contributed by atoms with Crippen LogP contribution in [0.5, 0.6) is 5.75 Å². The Bertz CT molecular complexity index is 1500. The summed E-state index contributed by atoms with van der Waals surface area (Å²) in [6.45, 7) is 4.69. The summed E-state index contributed by atoms with van der Waals surface area (Å²) in [5, 5.41) is 24.3. The van der Waals surface area contributed by atoms with E-state index < -0.39 is 5.60 Å². The molecular weight excluding hydrogens is 466 g/mol. The van der Waals surface area contributed by atoms with Crippen molar-refractivity contribution in [1.29, 1.82) is 0 Å². The molecule has 0 bridgehead atoms. The van der Waals surface area contributed by atoms with E-state index in [0.717, 1.165) is 11.1 Å². The second kappa shape index (κ2) is 9.91. The van der Waals surface area contributed by atoms with Gasteiger partial charge in [0.2, 0.25) is 0 Å². The lowest BCUT2D eigenvalue weighted by molar-refractivity contribution is 0.102. The Hall–Kier alpha value is -4.43. The second-order valence-electron chi connectivity index (χ2n) is 8.75. The average molecular weight is 496 g/mol. The highest BCUT2D eigenvalue weighted by atomic mass is 16.5. The Balaban J connectivity index is 1.68. The van der Waals surface area contributed by atoms with Gasteiger partial charge in [0.05, 0.1) is 36.3 Å². The largest absolute Gasteiger partial charge is 0.494 e. The highest BCUT2D eigenvalue weighted by Crippen LogP contribution is 2.39. The molecule has 2 N–H and O–H groups in total. The molecule has 0 unspecified atom stereocenters. The lowest BCUT2D eigenvalue weighted by atomic mass is 9.81. The van der Waals surface area contributed by atoms with Crippen LogP contribution in [0.3, 0.4) is 0 Å². The SMILES string of the molecule is CCc1c(C(O)(c2ccccc2)c2ccccc2)nn2cc(OC)c(C(=O)Nc3cnn(CC)c3)cc12. The van der Waals surface area contributed by atoms with Crippen LogP contribution in [0, 0.1) is 0 Å². The molecule has 8 nitrogen and oxygen atoms in total. The number of aliphatic hydroxyl groups is 1. The number of hydrogen-bond donors (Lipinski definition) is 2. The molecule has 37 heavy (non-hydrogen) atoms. The van der Waals surface area contributed by atoms with Crippen LogP contribution in [-0.4, -0.2) is 37.5 Å². The van der Waals surface area contributed by atoms with Gasteiger partial charge in [0.25, 0.3) is 5.91 Å². The fourth-order valence-corrected chi connectivity index (χ4v) is 4.70. The maximum atomic E-state index is 13.3. The molecule has 3 heterocycles. The van der Waals surface area contributed by atoms with Crippen LogP contribution >= 0.6 is 0 Å². The maximum absolute atomic E-state index is 13.3. The van der Waals surface area contributed by atoms with E-state index in [1.807, 2.05) is 74.5 Å². The van der Waals surface area contributed by atoms with Crippen LogP contribution < -0.4 is 10.1 Å².